The molecule has 4 N–H and O–H groups in total. The van der Waals surface area contributed by atoms with Crippen LogP contribution in [0.3, 0.4) is 0 Å². The van der Waals surface area contributed by atoms with Crippen molar-refractivity contribution in [3.63, 3.8) is 0 Å². The number of hydrogen-bond donors (Lipinski definition) is 4. The van der Waals surface area contributed by atoms with Gasteiger partial charge in [-0.2, -0.15) is 26.3 Å². The maximum Gasteiger partial charge on any atom is 0.416 e. The molecule has 286 valence electrons. The van der Waals surface area contributed by atoms with Crippen molar-refractivity contribution in [2.45, 2.75) is 58.3 Å². The molecule has 0 aliphatic carbocycles. The van der Waals surface area contributed by atoms with Gasteiger partial charge in [0.2, 0.25) is 0 Å². The van der Waals surface area contributed by atoms with Gasteiger partial charge in [0.25, 0.3) is 0 Å². The second-order valence-corrected chi connectivity index (χ2v) is 13.8. The Morgan fingerprint density at radius 1 is 0.545 bits per heavy atom. The van der Waals surface area contributed by atoms with E-state index in [0.29, 0.717) is 48.2 Å². The van der Waals surface area contributed by atoms with Crippen LogP contribution in [0.15, 0.2) is 85.9 Å². The average molecular weight is 765 g/mol. The monoisotopic (exact) mass is 764 g/mol. The Hall–Kier alpha value is -5.74. The first-order valence-corrected chi connectivity index (χ1v) is 17.3. The lowest BCUT2D eigenvalue weighted by Crippen LogP contribution is -2.33. The van der Waals surface area contributed by atoms with Gasteiger partial charge in [-0.3, -0.25) is 29.0 Å². The summed E-state index contributed by atoms with van der Waals surface area (Å²) in [5, 5.41) is 0. The largest absolute Gasteiger partial charge is 0.416 e. The summed E-state index contributed by atoms with van der Waals surface area (Å²) in [6.07, 6.45) is -7.17. The fourth-order valence-corrected chi connectivity index (χ4v) is 7.28. The Kier molecular flexibility index (Phi) is 9.90. The van der Waals surface area contributed by atoms with Crippen LogP contribution in [0.2, 0.25) is 0 Å². The van der Waals surface area contributed by atoms with Crippen molar-refractivity contribution >= 4 is 22.1 Å². The molecule has 0 saturated carbocycles. The van der Waals surface area contributed by atoms with Crippen molar-refractivity contribution < 1.29 is 26.3 Å². The summed E-state index contributed by atoms with van der Waals surface area (Å²) in [6.45, 7) is 5.56. The van der Waals surface area contributed by atoms with Crippen LogP contribution in [0.4, 0.5) is 26.3 Å². The Morgan fingerprint density at radius 2 is 1.00 bits per heavy atom. The Bertz CT molecular complexity index is 2640. The van der Waals surface area contributed by atoms with Crippen LogP contribution in [-0.2, 0) is 51.4 Å². The molecule has 4 heterocycles. The number of nitrogens with one attached hydrogen (secondary N) is 4. The molecule has 0 atom stereocenters. The SMILES string of the molecule is Cc1cc2[nH]c(=O)c(=O)[nH]c2c2c1CCN(Cc1ccc(C(F)(F)F)cc1)C2.O=c1[nH]c2ccc3c(c2[nH]c1=O)CN(Cc1ccc(C(F)(F)F)cc1)CC3. The maximum absolute atomic E-state index is 12.7. The van der Waals surface area contributed by atoms with Gasteiger partial charge in [0.1, 0.15) is 0 Å². The number of hydrogen-bond acceptors (Lipinski definition) is 6. The van der Waals surface area contributed by atoms with Crippen LogP contribution in [0, 0.1) is 6.92 Å². The molecule has 0 fully saturated rings. The fourth-order valence-electron chi connectivity index (χ4n) is 7.28. The molecule has 8 rings (SSSR count). The number of nitrogens with zero attached hydrogens (tertiary/aromatic N) is 2. The molecule has 2 aliphatic heterocycles. The van der Waals surface area contributed by atoms with Gasteiger partial charge in [-0.25, -0.2) is 0 Å². The third kappa shape index (κ3) is 8.05. The minimum absolute atomic E-state index is 0.501. The summed E-state index contributed by atoms with van der Waals surface area (Å²) in [5.74, 6) is 0. The highest BCUT2D eigenvalue weighted by molar-refractivity contribution is 5.81. The normalized spacial score (nSPS) is 15.0. The first-order valence-electron chi connectivity index (χ1n) is 17.3. The standard InChI is InChI=1S/C20H18F3N3O2.C19H16F3N3O2/c1-11-8-16-17(25-19(28)18(27)24-16)15-10-26(7-6-14(11)15)9-12-2-4-13(5-3-12)20(21,22)23;20-19(21,22)13-4-1-11(2-5-13)9-25-8-7-12-3-6-15-16(14(12)10-25)24-18(27)17(26)23-15/h2-5,8H,6-7,9-10H2,1H3,(H,24,27)(H,25,28);1-6H,7-10H2,(H,23,26)(H,24,27). The van der Waals surface area contributed by atoms with Gasteiger partial charge in [-0.05, 0) is 95.1 Å². The lowest BCUT2D eigenvalue weighted by Gasteiger charge is -2.30. The number of aromatic nitrogens is 4. The van der Waals surface area contributed by atoms with Crippen LogP contribution in [0.1, 0.15) is 50.1 Å². The number of benzene rings is 4. The number of alkyl halides is 6. The van der Waals surface area contributed by atoms with Gasteiger partial charge >= 0.3 is 34.6 Å². The Labute approximate surface area is 307 Å². The summed E-state index contributed by atoms with van der Waals surface area (Å²) in [7, 11) is 0. The first kappa shape index (κ1) is 37.6. The number of H-pyrrole nitrogens is 4. The molecule has 0 unspecified atom stereocenters. The van der Waals surface area contributed by atoms with E-state index in [1.165, 1.54) is 24.3 Å². The summed E-state index contributed by atoms with van der Waals surface area (Å²) >= 11 is 0. The van der Waals surface area contributed by atoms with Crippen molar-refractivity contribution in [3.8, 4) is 0 Å². The van der Waals surface area contributed by atoms with E-state index in [1.54, 1.807) is 6.07 Å². The van der Waals surface area contributed by atoms with Crippen molar-refractivity contribution in [1.29, 1.82) is 0 Å². The summed E-state index contributed by atoms with van der Waals surface area (Å²) in [5.41, 5.74) is 4.98. The minimum atomic E-state index is -4.35. The zero-order chi connectivity index (χ0) is 39.2. The highest BCUT2D eigenvalue weighted by Crippen LogP contribution is 2.32. The van der Waals surface area contributed by atoms with Crippen LogP contribution < -0.4 is 22.2 Å². The molecular weight excluding hydrogens is 730 g/mol. The van der Waals surface area contributed by atoms with Crippen LogP contribution in [0.5, 0.6) is 0 Å². The van der Waals surface area contributed by atoms with E-state index in [-0.39, 0.29) is 0 Å². The third-order valence-electron chi connectivity index (χ3n) is 10.1. The molecule has 55 heavy (non-hydrogen) atoms. The van der Waals surface area contributed by atoms with Crippen LogP contribution in [0.25, 0.3) is 22.1 Å². The van der Waals surface area contributed by atoms with E-state index in [9.17, 15) is 45.5 Å². The molecule has 16 heteroatoms. The molecule has 10 nitrogen and oxygen atoms in total. The zero-order valence-corrected chi connectivity index (χ0v) is 29.3. The Morgan fingerprint density at radius 3 is 1.53 bits per heavy atom. The van der Waals surface area contributed by atoms with Gasteiger partial charge in [-0.1, -0.05) is 30.3 Å². The fraction of sp³-hybridized carbons (Fsp3) is 0.282. The Balaban J connectivity index is 0.000000169. The van der Waals surface area contributed by atoms with E-state index in [4.69, 9.17) is 0 Å². The molecule has 0 radical (unpaired) electrons. The van der Waals surface area contributed by atoms with Gasteiger partial charge in [0, 0.05) is 39.3 Å². The lowest BCUT2D eigenvalue weighted by molar-refractivity contribution is -0.138. The summed E-state index contributed by atoms with van der Waals surface area (Å²) in [6, 6.07) is 15.9. The smallest absolute Gasteiger partial charge is 0.316 e. The highest BCUT2D eigenvalue weighted by atomic mass is 19.4. The predicted molar refractivity (Wildman–Crippen MR) is 194 cm³/mol. The summed E-state index contributed by atoms with van der Waals surface area (Å²) < 4.78 is 76.2. The molecule has 2 aliphatic rings. The van der Waals surface area contributed by atoms with E-state index in [1.807, 2.05) is 19.1 Å². The van der Waals surface area contributed by atoms with E-state index in [0.717, 1.165) is 89.1 Å². The molecule has 0 amide bonds. The molecule has 4 aromatic carbocycles. The number of aryl methyl sites for hydroxylation is 1. The molecule has 0 bridgehead atoms. The number of fused-ring (bicyclic) bond motifs is 6. The maximum atomic E-state index is 12.7. The van der Waals surface area contributed by atoms with Gasteiger partial charge in [0.05, 0.1) is 33.2 Å². The number of rotatable bonds is 4. The van der Waals surface area contributed by atoms with Crippen molar-refractivity contribution in [1.82, 2.24) is 29.7 Å². The summed E-state index contributed by atoms with van der Waals surface area (Å²) in [4.78, 5) is 61.3. The predicted octanol–water partition coefficient (Wildman–Crippen LogP) is 5.90. The van der Waals surface area contributed by atoms with Crippen LogP contribution >= 0.6 is 0 Å². The van der Waals surface area contributed by atoms with Gasteiger partial charge in [-0.15, -0.1) is 0 Å². The van der Waals surface area contributed by atoms with E-state index >= 15 is 0 Å². The molecular formula is C39H34F6N6O4. The average Bonchev–Trinajstić information content (AvgIpc) is 3.13. The van der Waals surface area contributed by atoms with Crippen molar-refractivity contribution in [2.24, 2.45) is 0 Å². The van der Waals surface area contributed by atoms with E-state index in [2.05, 4.69) is 29.7 Å². The zero-order valence-electron chi connectivity index (χ0n) is 29.3. The lowest BCUT2D eigenvalue weighted by atomic mass is 9.93. The molecule has 6 aromatic rings. The van der Waals surface area contributed by atoms with Crippen molar-refractivity contribution in [2.75, 3.05) is 13.1 Å². The highest BCUT2D eigenvalue weighted by Gasteiger charge is 2.31. The van der Waals surface area contributed by atoms with Crippen LogP contribution in [-0.4, -0.2) is 42.8 Å². The quantitative estimate of drug-likeness (QED) is 0.131. The molecule has 0 saturated heterocycles. The second kappa shape index (κ2) is 14.5. The van der Waals surface area contributed by atoms with E-state index < -0.39 is 45.7 Å². The minimum Gasteiger partial charge on any atom is -0.316 e. The molecule has 2 aromatic heterocycles. The third-order valence-corrected chi connectivity index (χ3v) is 10.1. The van der Waals surface area contributed by atoms with Gasteiger partial charge in [0.15, 0.2) is 0 Å². The van der Waals surface area contributed by atoms with Crippen molar-refractivity contribution in [3.05, 3.63) is 158 Å². The van der Waals surface area contributed by atoms with Gasteiger partial charge < -0.3 is 19.9 Å². The first-order chi connectivity index (χ1) is 26.0. The number of halogens is 6. The molecule has 0 spiro atoms. The topological polar surface area (TPSA) is 138 Å². The number of aromatic amines is 4. The second-order valence-electron chi connectivity index (χ2n) is 13.8.